The molecule has 2 unspecified atom stereocenters. The van der Waals surface area contributed by atoms with Gasteiger partial charge in [0.15, 0.2) is 5.78 Å². The number of hydrogen-bond acceptors (Lipinski definition) is 4. The highest BCUT2D eigenvalue weighted by Gasteiger charge is 2.46. The largest absolute Gasteiger partial charge is 0.480 e. The van der Waals surface area contributed by atoms with Crippen LogP contribution in [-0.2, 0) is 9.59 Å². The lowest BCUT2D eigenvalue weighted by molar-refractivity contribution is -0.139. The second-order valence-corrected chi connectivity index (χ2v) is 5.41. The molecule has 0 spiro atoms. The van der Waals surface area contributed by atoms with Gasteiger partial charge in [0.05, 0.1) is 0 Å². The smallest absolute Gasteiger partial charge is 0.322 e. The molecular weight excluding hydrogens is 190 g/mol. The maximum absolute atomic E-state index is 11.0. The third-order valence-electron chi connectivity index (χ3n) is 2.05. The average molecular weight is 203 g/mol. The molecular formula is C8H13NO3S. The molecule has 4 nitrogen and oxygen atoms in total. The van der Waals surface area contributed by atoms with E-state index in [1.807, 2.05) is 13.8 Å². The van der Waals surface area contributed by atoms with Crippen LogP contribution in [0.3, 0.4) is 0 Å². The quantitative estimate of drug-likeness (QED) is 0.683. The van der Waals surface area contributed by atoms with Gasteiger partial charge in [-0.05, 0) is 20.8 Å². The second kappa shape index (κ2) is 3.31. The Kier molecular flexibility index (Phi) is 2.68. The van der Waals surface area contributed by atoms with Crippen molar-refractivity contribution in [2.45, 2.75) is 36.9 Å². The summed E-state index contributed by atoms with van der Waals surface area (Å²) in [5.41, 5.74) is 0. The molecule has 0 aromatic heterocycles. The van der Waals surface area contributed by atoms with Crippen LogP contribution in [0.5, 0.6) is 0 Å². The van der Waals surface area contributed by atoms with E-state index in [0.29, 0.717) is 0 Å². The molecule has 2 atom stereocenters. The lowest BCUT2D eigenvalue weighted by Gasteiger charge is -2.20. The lowest BCUT2D eigenvalue weighted by atomic mass is 10.0. The number of ketones is 1. The zero-order chi connectivity index (χ0) is 10.2. The molecule has 13 heavy (non-hydrogen) atoms. The molecule has 2 N–H and O–H groups in total. The summed E-state index contributed by atoms with van der Waals surface area (Å²) in [6.07, 6.45) is 0. The Morgan fingerprint density at radius 3 is 2.23 bits per heavy atom. The fourth-order valence-electron chi connectivity index (χ4n) is 1.33. The van der Waals surface area contributed by atoms with Crippen molar-refractivity contribution in [1.29, 1.82) is 0 Å². The molecule has 1 aliphatic rings. The SMILES string of the molecule is CC(=O)C1NC(C(=O)O)C(C)(C)S1. The second-order valence-electron chi connectivity index (χ2n) is 3.65. The normalized spacial score (nSPS) is 31.6. The van der Waals surface area contributed by atoms with Crippen molar-refractivity contribution in [3.8, 4) is 0 Å². The van der Waals surface area contributed by atoms with E-state index < -0.39 is 16.8 Å². The molecule has 1 fully saturated rings. The van der Waals surface area contributed by atoms with Gasteiger partial charge in [0.2, 0.25) is 0 Å². The van der Waals surface area contributed by atoms with Crippen LogP contribution in [0.4, 0.5) is 0 Å². The first-order chi connectivity index (χ1) is 5.84. The van der Waals surface area contributed by atoms with Crippen molar-refractivity contribution in [3.05, 3.63) is 0 Å². The maximum atomic E-state index is 11.0. The number of rotatable bonds is 2. The van der Waals surface area contributed by atoms with Gasteiger partial charge < -0.3 is 5.11 Å². The molecule has 1 rings (SSSR count). The number of carbonyl (C=O) groups excluding carboxylic acids is 1. The van der Waals surface area contributed by atoms with Crippen LogP contribution in [0.2, 0.25) is 0 Å². The van der Waals surface area contributed by atoms with Gasteiger partial charge in [-0.15, -0.1) is 11.8 Å². The number of nitrogens with one attached hydrogen (secondary N) is 1. The van der Waals surface area contributed by atoms with Crippen LogP contribution in [-0.4, -0.2) is 33.0 Å². The van der Waals surface area contributed by atoms with Gasteiger partial charge in [0.25, 0.3) is 0 Å². The van der Waals surface area contributed by atoms with Crippen LogP contribution in [0.25, 0.3) is 0 Å². The zero-order valence-corrected chi connectivity index (χ0v) is 8.64. The minimum absolute atomic E-state index is 0.0261. The van der Waals surface area contributed by atoms with E-state index in [9.17, 15) is 9.59 Å². The van der Waals surface area contributed by atoms with Crippen LogP contribution in [0.15, 0.2) is 0 Å². The number of thioether (sulfide) groups is 1. The van der Waals surface area contributed by atoms with Crippen molar-refractivity contribution < 1.29 is 14.7 Å². The molecule has 0 amide bonds. The molecule has 5 heteroatoms. The minimum atomic E-state index is -0.902. The van der Waals surface area contributed by atoms with E-state index in [1.165, 1.54) is 18.7 Å². The van der Waals surface area contributed by atoms with Crippen molar-refractivity contribution in [2.75, 3.05) is 0 Å². The summed E-state index contributed by atoms with van der Waals surface area (Å²) < 4.78 is -0.428. The molecule has 0 aromatic rings. The summed E-state index contributed by atoms with van der Waals surface area (Å²) >= 11 is 1.37. The number of aliphatic carboxylic acids is 1. The third-order valence-corrected chi connectivity index (χ3v) is 3.60. The van der Waals surface area contributed by atoms with Crippen molar-refractivity contribution in [3.63, 3.8) is 0 Å². The Morgan fingerprint density at radius 1 is 1.46 bits per heavy atom. The van der Waals surface area contributed by atoms with Crippen LogP contribution in [0, 0.1) is 0 Å². The van der Waals surface area contributed by atoms with Gasteiger partial charge in [-0.1, -0.05) is 0 Å². The number of carboxylic acids is 1. The fourth-order valence-corrected chi connectivity index (χ4v) is 2.61. The van der Waals surface area contributed by atoms with Gasteiger partial charge in [-0.25, -0.2) is 0 Å². The van der Waals surface area contributed by atoms with Gasteiger partial charge >= 0.3 is 5.97 Å². The van der Waals surface area contributed by atoms with Crippen LogP contribution < -0.4 is 5.32 Å². The fraction of sp³-hybridized carbons (Fsp3) is 0.750. The zero-order valence-electron chi connectivity index (χ0n) is 7.83. The Bertz CT molecular complexity index is 252. The Balaban J connectivity index is 2.79. The molecule has 0 radical (unpaired) electrons. The Labute approximate surface area is 81.1 Å². The first-order valence-corrected chi connectivity index (χ1v) is 4.89. The topological polar surface area (TPSA) is 66.4 Å². The maximum Gasteiger partial charge on any atom is 0.322 e. The van der Waals surface area contributed by atoms with Crippen LogP contribution >= 0.6 is 11.8 Å². The Hall–Kier alpha value is -0.550. The van der Waals surface area contributed by atoms with Crippen molar-refractivity contribution >= 4 is 23.5 Å². The van der Waals surface area contributed by atoms with E-state index in [2.05, 4.69) is 5.32 Å². The molecule has 0 aromatic carbocycles. The first kappa shape index (κ1) is 10.5. The van der Waals surface area contributed by atoms with E-state index in [0.717, 1.165) is 0 Å². The predicted octanol–water partition coefficient (Wildman–Crippen LogP) is 0.470. The summed E-state index contributed by atoms with van der Waals surface area (Å²) in [4.78, 5) is 21.8. The number of hydrogen-bond donors (Lipinski definition) is 2. The summed E-state index contributed by atoms with van der Waals surface area (Å²) in [6, 6.07) is -0.647. The highest BCUT2D eigenvalue weighted by atomic mass is 32.2. The summed E-state index contributed by atoms with van der Waals surface area (Å²) in [5.74, 6) is -0.928. The summed E-state index contributed by atoms with van der Waals surface area (Å²) in [7, 11) is 0. The standard InChI is InChI=1S/C8H13NO3S/c1-4(10)6-9-5(7(11)12)8(2,3)13-6/h5-6,9H,1-3H3,(H,11,12). The van der Waals surface area contributed by atoms with Crippen molar-refractivity contribution in [2.24, 2.45) is 0 Å². The molecule has 74 valence electrons. The lowest BCUT2D eigenvalue weighted by Crippen LogP contribution is -2.45. The van der Waals surface area contributed by atoms with E-state index in [-0.39, 0.29) is 11.2 Å². The van der Waals surface area contributed by atoms with Gasteiger partial charge in [0, 0.05) is 4.75 Å². The molecule has 1 aliphatic heterocycles. The minimum Gasteiger partial charge on any atom is -0.480 e. The highest BCUT2D eigenvalue weighted by molar-refractivity contribution is 8.02. The molecule has 1 heterocycles. The third kappa shape index (κ3) is 2.03. The van der Waals surface area contributed by atoms with Crippen LogP contribution in [0.1, 0.15) is 20.8 Å². The van der Waals surface area contributed by atoms with Crippen molar-refractivity contribution in [1.82, 2.24) is 5.32 Å². The molecule has 0 saturated carbocycles. The summed E-state index contributed by atoms with van der Waals surface area (Å²) in [6.45, 7) is 5.11. The van der Waals surface area contributed by atoms with E-state index in [1.54, 1.807) is 0 Å². The predicted molar refractivity (Wildman–Crippen MR) is 50.7 cm³/mol. The molecule has 1 saturated heterocycles. The van der Waals surface area contributed by atoms with E-state index >= 15 is 0 Å². The van der Waals surface area contributed by atoms with Gasteiger partial charge in [0.1, 0.15) is 11.4 Å². The Morgan fingerprint density at radius 2 is 2.00 bits per heavy atom. The number of carbonyl (C=O) groups is 2. The average Bonchev–Trinajstić information content (AvgIpc) is 2.25. The summed E-state index contributed by atoms with van der Waals surface area (Å²) in [5, 5.41) is 11.3. The highest BCUT2D eigenvalue weighted by Crippen LogP contribution is 2.37. The molecule has 0 aliphatic carbocycles. The molecule has 0 bridgehead atoms. The number of Topliss-reactive ketones (excluding diaryl/α,β-unsaturated/α-hetero) is 1. The monoisotopic (exact) mass is 203 g/mol. The van der Waals surface area contributed by atoms with Gasteiger partial charge in [-0.3, -0.25) is 14.9 Å². The number of carboxylic acid groups (broad SMARTS) is 1. The van der Waals surface area contributed by atoms with Gasteiger partial charge in [-0.2, -0.15) is 0 Å². The van der Waals surface area contributed by atoms with E-state index in [4.69, 9.17) is 5.11 Å². The first-order valence-electron chi connectivity index (χ1n) is 4.02.